The zero-order valence-electron chi connectivity index (χ0n) is 14.3. The van der Waals surface area contributed by atoms with Gasteiger partial charge in [0.05, 0.1) is 6.17 Å². The second-order valence-electron chi connectivity index (χ2n) is 7.51. The minimum atomic E-state index is 0.126. The second-order valence-corrected chi connectivity index (χ2v) is 7.51. The van der Waals surface area contributed by atoms with Crippen molar-refractivity contribution in [2.45, 2.75) is 64.2 Å². The van der Waals surface area contributed by atoms with Crippen molar-refractivity contribution in [3.8, 4) is 0 Å². The van der Waals surface area contributed by atoms with E-state index in [2.05, 4.69) is 31.4 Å². The summed E-state index contributed by atoms with van der Waals surface area (Å²) >= 11 is 0. The molecule has 1 heterocycles. The molecule has 1 aliphatic carbocycles. The highest BCUT2D eigenvalue weighted by Gasteiger charge is 2.30. The fourth-order valence-corrected chi connectivity index (χ4v) is 3.62. The number of hydrogen-bond acceptors (Lipinski definition) is 4. The summed E-state index contributed by atoms with van der Waals surface area (Å²) in [5, 5.41) is 15.3. The zero-order valence-corrected chi connectivity index (χ0v) is 14.3. The normalized spacial score (nSPS) is 24.2. The molecular weight excluding hydrogens is 274 g/mol. The molecule has 0 aromatic carbocycles. The predicted molar refractivity (Wildman–Crippen MR) is 91.4 cm³/mol. The standard InChI is InChI=1S/C17H31N5/c1-17(2,3)21-14-7-5-6-12(10-14)16(20-4)22-11-13(18)8-9-15(22)19/h8-9,11-12,14,16,19-21H,5-7,10,18H2,1-4H3/t12?,14-,16+/m1/s1. The van der Waals surface area contributed by atoms with Crippen molar-refractivity contribution in [1.29, 1.82) is 5.41 Å². The minimum Gasteiger partial charge on any atom is -0.398 e. The Morgan fingerprint density at radius 2 is 2.05 bits per heavy atom. The Morgan fingerprint density at radius 1 is 1.32 bits per heavy atom. The molecule has 0 amide bonds. The van der Waals surface area contributed by atoms with Gasteiger partial charge in [0.1, 0.15) is 5.49 Å². The minimum absolute atomic E-state index is 0.126. The summed E-state index contributed by atoms with van der Waals surface area (Å²) < 4.78 is 1.97. The summed E-state index contributed by atoms with van der Waals surface area (Å²) in [6.45, 7) is 6.67. The van der Waals surface area contributed by atoms with E-state index in [9.17, 15) is 0 Å². The number of rotatable bonds is 4. The molecule has 0 bridgehead atoms. The Balaban J connectivity index is 2.16. The van der Waals surface area contributed by atoms with Crippen LogP contribution < -0.4 is 21.9 Å². The first-order valence-electron chi connectivity index (χ1n) is 8.27. The number of anilines is 1. The summed E-state index contributed by atoms with van der Waals surface area (Å²) in [6.07, 6.45) is 6.79. The summed E-state index contributed by atoms with van der Waals surface area (Å²) in [4.78, 5) is 0. The van der Waals surface area contributed by atoms with Crippen molar-refractivity contribution in [2.24, 2.45) is 5.92 Å². The van der Waals surface area contributed by atoms with E-state index in [1.54, 1.807) is 12.1 Å². The van der Waals surface area contributed by atoms with E-state index in [-0.39, 0.29) is 11.7 Å². The molecule has 5 N–H and O–H groups in total. The molecular formula is C17H31N5. The molecule has 0 spiro atoms. The first-order valence-corrected chi connectivity index (χ1v) is 8.27. The SMILES string of the molecule is CN[C@H](C1CCC[C@@H](NC(C)(C)C)C1)n1cc(N)ccc1=N. The van der Waals surface area contributed by atoms with Crippen molar-refractivity contribution in [2.75, 3.05) is 12.8 Å². The molecule has 1 aliphatic rings. The molecule has 1 fully saturated rings. The number of nitrogen functional groups attached to an aromatic ring is 1. The largest absolute Gasteiger partial charge is 0.398 e. The maximum Gasteiger partial charge on any atom is 0.126 e. The maximum atomic E-state index is 8.17. The van der Waals surface area contributed by atoms with Gasteiger partial charge in [-0.05, 0) is 65.1 Å². The third-order valence-corrected chi connectivity index (χ3v) is 4.39. The summed E-state index contributed by atoms with van der Waals surface area (Å²) in [5.74, 6) is 0.509. The number of aromatic nitrogens is 1. The molecule has 124 valence electrons. The molecule has 22 heavy (non-hydrogen) atoms. The van der Waals surface area contributed by atoms with Gasteiger partial charge in [0, 0.05) is 23.5 Å². The fourth-order valence-electron chi connectivity index (χ4n) is 3.62. The quantitative estimate of drug-likeness (QED) is 0.689. The van der Waals surface area contributed by atoms with Gasteiger partial charge >= 0.3 is 0 Å². The molecule has 0 aliphatic heterocycles. The lowest BCUT2D eigenvalue weighted by Gasteiger charge is -2.38. The number of hydrogen-bond donors (Lipinski definition) is 4. The van der Waals surface area contributed by atoms with Crippen molar-refractivity contribution in [3.05, 3.63) is 23.8 Å². The van der Waals surface area contributed by atoms with Gasteiger partial charge in [0.2, 0.25) is 0 Å². The molecule has 5 heteroatoms. The van der Waals surface area contributed by atoms with Crippen molar-refractivity contribution >= 4 is 5.69 Å². The van der Waals surface area contributed by atoms with E-state index < -0.39 is 0 Å². The van der Waals surface area contributed by atoms with Crippen LogP contribution in [0, 0.1) is 11.3 Å². The highest BCUT2D eigenvalue weighted by atomic mass is 15.2. The van der Waals surface area contributed by atoms with Crippen molar-refractivity contribution in [3.63, 3.8) is 0 Å². The van der Waals surface area contributed by atoms with E-state index in [1.807, 2.05) is 17.8 Å². The molecule has 1 aromatic rings. The van der Waals surface area contributed by atoms with E-state index in [1.165, 1.54) is 19.3 Å². The Labute approximate surface area is 133 Å². The molecule has 2 rings (SSSR count). The van der Waals surface area contributed by atoms with E-state index >= 15 is 0 Å². The van der Waals surface area contributed by atoms with Crippen LogP contribution in [0.5, 0.6) is 0 Å². The monoisotopic (exact) mass is 305 g/mol. The number of pyridine rings is 1. The van der Waals surface area contributed by atoms with Gasteiger partial charge in [-0.15, -0.1) is 0 Å². The van der Waals surface area contributed by atoms with Crippen molar-refractivity contribution in [1.82, 2.24) is 15.2 Å². The molecule has 5 nitrogen and oxygen atoms in total. The molecule has 0 radical (unpaired) electrons. The van der Waals surface area contributed by atoms with E-state index in [4.69, 9.17) is 11.1 Å². The molecule has 0 saturated heterocycles. The van der Waals surface area contributed by atoms with Crippen LogP contribution in [-0.4, -0.2) is 23.2 Å². The Morgan fingerprint density at radius 3 is 2.68 bits per heavy atom. The van der Waals surface area contributed by atoms with Crippen LogP contribution in [0.25, 0.3) is 0 Å². The van der Waals surface area contributed by atoms with Gasteiger partial charge in [0.25, 0.3) is 0 Å². The lowest BCUT2D eigenvalue weighted by Crippen LogP contribution is -2.48. The van der Waals surface area contributed by atoms with Crippen LogP contribution in [-0.2, 0) is 0 Å². The van der Waals surface area contributed by atoms with E-state index in [0.29, 0.717) is 23.1 Å². The average Bonchev–Trinajstić information content (AvgIpc) is 2.42. The van der Waals surface area contributed by atoms with Crippen LogP contribution in [0.2, 0.25) is 0 Å². The van der Waals surface area contributed by atoms with Gasteiger partial charge in [-0.1, -0.05) is 6.42 Å². The highest BCUT2D eigenvalue weighted by molar-refractivity contribution is 5.33. The van der Waals surface area contributed by atoms with Gasteiger partial charge in [-0.25, -0.2) is 0 Å². The van der Waals surface area contributed by atoms with Crippen LogP contribution in [0.3, 0.4) is 0 Å². The van der Waals surface area contributed by atoms with Crippen LogP contribution in [0.15, 0.2) is 18.3 Å². The second kappa shape index (κ2) is 6.84. The Bertz CT molecular complexity index is 543. The van der Waals surface area contributed by atoms with E-state index in [0.717, 1.165) is 6.42 Å². The van der Waals surface area contributed by atoms with Gasteiger partial charge < -0.3 is 15.6 Å². The topological polar surface area (TPSA) is 78.9 Å². The Hall–Kier alpha value is -1.33. The number of nitrogens with one attached hydrogen (secondary N) is 3. The average molecular weight is 305 g/mol. The first kappa shape index (κ1) is 17.0. The zero-order chi connectivity index (χ0) is 16.3. The molecule has 3 atom stereocenters. The van der Waals surface area contributed by atoms with Crippen LogP contribution >= 0.6 is 0 Å². The molecule has 1 unspecified atom stereocenters. The fraction of sp³-hybridized carbons (Fsp3) is 0.706. The molecule has 1 saturated carbocycles. The summed E-state index contributed by atoms with van der Waals surface area (Å²) in [7, 11) is 1.97. The smallest absolute Gasteiger partial charge is 0.126 e. The third-order valence-electron chi connectivity index (χ3n) is 4.39. The number of nitrogens with two attached hydrogens (primary N) is 1. The van der Waals surface area contributed by atoms with Crippen LogP contribution in [0.1, 0.15) is 52.6 Å². The van der Waals surface area contributed by atoms with Gasteiger partial charge in [-0.2, -0.15) is 0 Å². The van der Waals surface area contributed by atoms with Crippen molar-refractivity contribution < 1.29 is 0 Å². The Kier molecular flexibility index (Phi) is 5.29. The summed E-state index contributed by atoms with van der Waals surface area (Å²) in [5.41, 5.74) is 7.27. The lowest BCUT2D eigenvalue weighted by atomic mass is 9.82. The van der Waals surface area contributed by atoms with Crippen LogP contribution in [0.4, 0.5) is 5.69 Å². The van der Waals surface area contributed by atoms with Gasteiger partial charge in [-0.3, -0.25) is 10.7 Å². The number of nitrogens with zero attached hydrogens (tertiary/aromatic N) is 1. The highest BCUT2D eigenvalue weighted by Crippen LogP contribution is 2.32. The third kappa shape index (κ3) is 4.34. The lowest BCUT2D eigenvalue weighted by molar-refractivity contribution is 0.172. The van der Waals surface area contributed by atoms with Gasteiger partial charge in [0.15, 0.2) is 0 Å². The first-order chi connectivity index (χ1) is 10.3. The summed E-state index contributed by atoms with van der Waals surface area (Å²) in [6, 6.07) is 4.11. The predicted octanol–water partition coefficient (Wildman–Crippen LogP) is 2.21. The maximum absolute atomic E-state index is 8.17. The molecule has 1 aromatic heterocycles.